The molecule has 4 heteroatoms. The second-order valence-corrected chi connectivity index (χ2v) is 4.17. The van der Waals surface area contributed by atoms with E-state index in [1.54, 1.807) is 6.20 Å². The molecule has 0 fully saturated rings. The van der Waals surface area contributed by atoms with Crippen LogP contribution in [0.15, 0.2) is 36.5 Å². The van der Waals surface area contributed by atoms with Gasteiger partial charge in [0.2, 0.25) is 5.75 Å². The molecule has 1 heterocycles. The summed E-state index contributed by atoms with van der Waals surface area (Å²) in [5.41, 5.74) is 2.07. The van der Waals surface area contributed by atoms with Crippen molar-refractivity contribution in [1.82, 2.24) is 4.98 Å². The van der Waals surface area contributed by atoms with E-state index in [4.69, 9.17) is 9.47 Å². The first-order chi connectivity index (χ1) is 9.24. The highest BCUT2D eigenvalue weighted by Gasteiger charge is 2.11. The van der Waals surface area contributed by atoms with Gasteiger partial charge in [-0.2, -0.15) is 0 Å². The van der Waals surface area contributed by atoms with E-state index in [2.05, 4.69) is 4.98 Å². The van der Waals surface area contributed by atoms with Crippen LogP contribution in [0.4, 0.5) is 0 Å². The second kappa shape index (κ2) is 6.09. The van der Waals surface area contributed by atoms with E-state index in [-0.39, 0.29) is 5.75 Å². The number of methoxy groups -OCH3 is 2. The average Bonchev–Trinajstić information content (AvgIpc) is 2.47. The van der Waals surface area contributed by atoms with Crippen LogP contribution in [-0.2, 0) is 12.8 Å². The van der Waals surface area contributed by atoms with Crippen molar-refractivity contribution in [3.05, 3.63) is 47.8 Å². The number of ether oxygens (including phenoxy) is 2. The van der Waals surface area contributed by atoms with Gasteiger partial charge < -0.3 is 14.6 Å². The summed E-state index contributed by atoms with van der Waals surface area (Å²) in [6.07, 6.45) is 3.43. The zero-order chi connectivity index (χ0) is 13.7. The second-order valence-electron chi connectivity index (χ2n) is 4.17. The minimum atomic E-state index is 0.0339. The molecule has 0 saturated carbocycles. The van der Waals surface area contributed by atoms with E-state index < -0.39 is 0 Å². The van der Waals surface area contributed by atoms with E-state index >= 15 is 0 Å². The maximum absolute atomic E-state index is 9.84. The minimum Gasteiger partial charge on any atom is -0.502 e. The Balaban J connectivity index is 2.16. The molecule has 0 unspecified atom stereocenters. The standard InChI is InChI=1S/C15H17NO3/c1-18-13-9-11(10-14(19-2)15(13)17)6-7-12-5-3-4-8-16-12/h3-5,8-10,17H,6-7H2,1-2H3. The zero-order valence-electron chi connectivity index (χ0n) is 11.1. The number of pyridine rings is 1. The van der Waals surface area contributed by atoms with Gasteiger partial charge in [-0.3, -0.25) is 4.98 Å². The number of rotatable bonds is 5. The first kappa shape index (κ1) is 13.2. The number of phenolic OH excluding ortho intramolecular Hbond substituents is 1. The van der Waals surface area contributed by atoms with E-state index in [1.165, 1.54) is 14.2 Å². The highest BCUT2D eigenvalue weighted by molar-refractivity contribution is 5.52. The Morgan fingerprint density at radius 1 is 1.05 bits per heavy atom. The number of aromatic hydroxyl groups is 1. The minimum absolute atomic E-state index is 0.0339. The predicted octanol–water partition coefficient (Wildman–Crippen LogP) is 2.59. The molecule has 1 aromatic heterocycles. The van der Waals surface area contributed by atoms with E-state index in [9.17, 15) is 5.11 Å². The molecular weight excluding hydrogens is 242 g/mol. The van der Waals surface area contributed by atoms with E-state index in [0.29, 0.717) is 11.5 Å². The average molecular weight is 259 g/mol. The summed E-state index contributed by atoms with van der Waals surface area (Å²) in [6.45, 7) is 0. The zero-order valence-corrected chi connectivity index (χ0v) is 11.1. The van der Waals surface area contributed by atoms with Crippen LogP contribution in [-0.4, -0.2) is 24.3 Å². The van der Waals surface area contributed by atoms with Crippen molar-refractivity contribution in [2.75, 3.05) is 14.2 Å². The molecule has 19 heavy (non-hydrogen) atoms. The smallest absolute Gasteiger partial charge is 0.200 e. The van der Waals surface area contributed by atoms with Gasteiger partial charge in [0.15, 0.2) is 11.5 Å². The third kappa shape index (κ3) is 3.16. The molecule has 0 spiro atoms. The summed E-state index contributed by atoms with van der Waals surface area (Å²) >= 11 is 0. The number of aromatic nitrogens is 1. The molecule has 0 aliphatic heterocycles. The number of aryl methyl sites for hydroxylation is 2. The van der Waals surface area contributed by atoms with Gasteiger partial charge in [-0.15, -0.1) is 0 Å². The fraction of sp³-hybridized carbons (Fsp3) is 0.267. The van der Waals surface area contributed by atoms with Gasteiger partial charge in [0.05, 0.1) is 14.2 Å². The summed E-state index contributed by atoms with van der Waals surface area (Å²) in [7, 11) is 3.05. The molecule has 4 nitrogen and oxygen atoms in total. The summed E-state index contributed by atoms with van der Waals surface area (Å²) in [6, 6.07) is 9.51. The molecule has 0 amide bonds. The fourth-order valence-electron chi connectivity index (χ4n) is 1.91. The Morgan fingerprint density at radius 3 is 2.26 bits per heavy atom. The number of hydrogen-bond acceptors (Lipinski definition) is 4. The lowest BCUT2D eigenvalue weighted by Crippen LogP contribution is -1.96. The van der Waals surface area contributed by atoms with Crippen molar-refractivity contribution >= 4 is 0 Å². The lowest BCUT2D eigenvalue weighted by atomic mass is 10.1. The molecular formula is C15H17NO3. The first-order valence-electron chi connectivity index (χ1n) is 6.08. The molecule has 0 aliphatic rings. The Labute approximate surface area is 112 Å². The van der Waals surface area contributed by atoms with Gasteiger partial charge in [-0.05, 0) is 42.7 Å². The van der Waals surface area contributed by atoms with Gasteiger partial charge in [0, 0.05) is 11.9 Å². The first-order valence-corrected chi connectivity index (χ1v) is 6.08. The molecule has 0 aliphatic carbocycles. The molecule has 0 saturated heterocycles. The van der Waals surface area contributed by atoms with Crippen molar-refractivity contribution < 1.29 is 14.6 Å². The molecule has 2 aromatic rings. The predicted molar refractivity (Wildman–Crippen MR) is 72.9 cm³/mol. The quantitative estimate of drug-likeness (QED) is 0.896. The van der Waals surface area contributed by atoms with Gasteiger partial charge in [0.25, 0.3) is 0 Å². The maximum Gasteiger partial charge on any atom is 0.200 e. The molecule has 0 bridgehead atoms. The lowest BCUT2D eigenvalue weighted by molar-refractivity contribution is 0.339. The van der Waals surface area contributed by atoms with Gasteiger partial charge >= 0.3 is 0 Å². The summed E-state index contributed by atoms with van der Waals surface area (Å²) in [5, 5.41) is 9.84. The van der Waals surface area contributed by atoms with Gasteiger partial charge in [0.1, 0.15) is 0 Å². The highest BCUT2D eigenvalue weighted by atomic mass is 16.5. The van der Waals surface area contributed by atoms with Crippen molar-refractivity contribution in [3.8, 4) is 17.2 Å². The molecule has 1 aromatic carbocycles. The number of hydrogen-bond donors (Lipinski definition) is 1. The van der Waals surface area contributed by atoms with Gasteiger partial charge in [-0.25, -0.2) is 0 Å². The molecule has 1 N–H and O–H groups in total. The van der Waals surface area contributed by atoms with Crippen LogP contribution < -0.4 is 9.47 Å². The van der Waals surface area contributed by atoms with Crippen LogP contribution >= 0.6 is 0 Å². The van der Waals surface area contributed by atoms with Crippen LogP contribution in [0.1, 0.15) is 11.3 Å². The Hall–Kier alpha value is -2.23. The fourth-order valence-corrected chi connectivity index (χ4v) is 1.91. The Kier molecular flexibility index (Phi) is 4.23. The SMILES string of the molecule is COc1cc(CCc2ccccn2)cc(OC)c1O. The van der Waals surface area contributed by atoms with Crippen molar-refractivity contribution in [3.63, 3.8) is 0 Å². The number of benzene rings is 1. The van der Waals surface area contributed by atoms with Crippen LogP contribution in [0, 0.1) is 0 Å². The monoisotopic (exact) mass is 259 g/mol. The molecule has 100 valence electrons. The van der Waals surface area contributed by atoms with E-state index in [0.717, 1.165) is 24.1 Å². The molecule has 0 atom stereocenters. The van der Waals surface area contributed by atoms with Gasteiger partial charge in [-0.1, -0.05) is 6.07 Å². The Morgan fingerprint density at radius 2 is 1.74 bits per heavy atom. The normalized spacial score (nSPS) is 10.2. The largest absolute Gasteiger partial charge is 0.502 e. The summed E-state index contributed by atoms with van der Waals surface area (Å²) in [5.74, 6) is 0.886. The third-order valence-electron chi connectivity index (χ3n) is 2.94. The van der Waals surface area contributed by atoms with E-state index in [1.807, 2.05) is 30.3 Å². The number of nitrogens with zero attached hydrogens (tertiary/aromatic N) is 1. The van der Waals surface area contributed by atoms with Crippen LogP contribution in [0.2, 0.25) is 0 Å². The highest BCUT2D eigenvalue weighted by Crippen LogP contribution is 2.37. The lowest BCUT2D eigenvalue weighted by Gasteiger charge is -2.11. The maximum atomic E-state index is 9.84. The molecule has 2 rings (SSSR count). The number of phenols is 1. The van der Waals surface area contributed by atoms with Crippen LogP contribution in [0.25, 0.3) is 0 Å². The van der Waals surface area contributed by atoms with Crippen LogP contribution in [0.5, 0.6) is 17.2 Å². The van der Waals surface area contributed by atoms with Crippen molar-refractivity contribution in [2.24, 2.45) is 0 Å². The van der Waals surface area contributed by atoms with Crippen LogP contribution in [0.3, 0.4) is 0 Å². The topological polar surface area (TPSA) is 51.6 Å². The van der Waals surface area contributed by atoms with Crippen molar-refractivity contribution in [2.45, 2.75) is 12.8 Å². The Bertz CT molecular complexity index is 515. The summed E-state index contributed by atoms with van der Waals surface area (Å²) < 4.78 is 10.3. The van der Waals surface area contributed by atoms with Crippen molar-refractivity contribution in [1.29, 1.82) is 0 Å². The third-order valence-corrected chi connectivity index (χ3v) is 2.94. The molecule has 0 radical (unpaired) electrons. The summed E-state index contributed by atoms with van der Waals surface area (Å²) in [4.78, 5) is 4.28.